The van der Waals surface area contributed by atoms with Crippen LogP contribution in [0.3, 0.4) is 0 Å². The number of hydrogen-bond donors (Lipinski definition) is 1. The highest BCUT2D eigenvalue weighted by molar-refractivity contribution is 6.03. The van der Waals surface area contributed by atoms with Crippen LogP contribution in [-0.2, 0) is 30.4 Å². The number of amides is 1. The van der Waals surface area contributed by atoms with Gasteiger partial charge in [-0.2, -0.15) is 18.3 Å². The van der Waals surface area contributed by atoms with Crippen LogP contribution in [0.2, 0.25) is 0 Å². The molecule has 1 aliphatic heterocycles. The summed E-state index contributed by atoms with van der Waals surface area (Å²) < 4.78 is 39.7. The average molecular weight is 474 g/mol. The van der Waals surface area contributed by atoms with Gasteiger partial charge in [0.2, 0.25) is 5.91 Å². The van der Waals surface area contributed by atoms with Crippen molar-refractivity contribution >= 4 is 17.4 Å². The lowest BCUT2D eigenvalue weighted by atomic mass is 9.99. The summed E-state index contributed by atoms with van der Waals surface area (Å²) in [6.45, 7) is 6.12. The summed E-state index contributed by atoms with van der Waals surface area (Å²) in [6, 6.07) is 2.08. The third-order valence-electron chi connectivity index (χ3n) is 5.82. The molecule has 3 aromatic heterocycles. The second-order valence-corrected chi connectivity index (χ2v) is 8.79. The van der Waals surface area contributed by atoms with Gasteiger partial charge in [0.05, 0.1) is 29.7 Å². The second kappa shape index (κ2) is 9.03. The van der Waals surface area contributed by atoms with Crippen LogP contribution in [-0.4, -0.2) is 43.7 Å². The van der Waals surface area contributed by atoms with E-state index in [1.807, 2.05) is 38.9 Å². The van der Waals surface area contributed by atoms with Crippen molar-refractivity contribution in [3.63, 3.8) is 0 Å². The molecule has 0 unspecified atom stereocenters. The number of nitrogens with zero attached hydrogens (tertiary/aromatic N) is 6. The van der Waals surface area contributed by atoms with Crippen molar-refractivity contribution in [1.82, 2.24) is 24.7 Å². The van der Waals surface area contributed by atoms with Crippen LogP contribution >= 0.6 is 0 Å². The normalized spacial score (nSPS) is 16.1. The molecular weight excluding hydrogens is 447 g/mol. The lowest BCUT2D eigenvalue weighted by molar-refractivity contribution is -0.137. The van der Waals surface area contributed by atoms with Gasteiger partial charge >= 0.3 is 6.18 Å². The summed E-state index contributed by atoms with van der Waals surface area (Å²) in [5.41, 5.74) is 2.02. The van der Waals surface area contributed by atoms with Crippen molar-refractivity contribution in [1.29, 1.82) is 0 Å². The van der Waals surface area contributed by atoms with Crippen molar-refractivity contribution in [2.45, 2.75) is 52.4 Å². The summed E-state index contributed by atoms with van der Waals surface area (Å²) >= 11 is 0. The van der Waals surface area contributed by atoms with E-state index in [-0.39, 0.29) is 24.4 Å². The number of carbonyl (C=O) groups is 1. The number of likely N-dealkylation sites (N-methyl/N-ethyl adjacent to an activating group) is 1. The van der Waals surface area contributed by atoms with Crippen molar-refractivity contribution in [2.75, 3.05) is 17.3 Å². The van der Waals surface area contributed by atoms with Crippen LogP contribution in [0.5, 0.6) is 0 Å². The molecule has 0 saturated carbocycles. The fourth-order valence-corrected chi connectivity index (χ4v) is 4.11. The largest absolute Gasteiger partial charge is 0.417 e. The van der Waals surface area contributed by atoms with Gasteiger partial charge in [0.1, 0.15) is 17.6 Å². The van der Waals surface area contributed by atoms with Crippen LogP contribution in [0.1, 0.15) is 42.2 Å². The first kappa shape index (κ1) is 23.7. The predicted molar refractivity (Wildman–Crippen MR) is 120 cm³/mol. The molecule has 3 aromatic rings. The molecule has 0 saturated heterocycles. The van der Waals surface area contributed by atoms with Gasteiger partial charge < -0.3 is 10.2 Å². The number of aromatic nitrogens is 5. The molecule has 4 rings (SSSR count). The molecule has 0 aromatic carbocycles. The van der Waals surface area contributed by atoms with Crippen molar-refractivity contribution in [3.05, 3.63) is 59.1 Å². The predicted octanol–water partition coefficient (Wildman–Crippen LogP) is 3.64. The zero-order valence-electron chi connectivity index (χ0n) is 19.4. The van der Waals surface area contributed by atoms with E-state index < -0.39 is 11.7 Å². The van der Waals surface area contributed by atoms with E-state index in [1.165, 1.54) is 6.07 Å². The Bertz CT molecular complexity index is 1190. The lowest BCUT2D eigenvalue weighted by Crippen LogP contribution is -2.49. The highest BCUT2D eigenvalue weighted by atomic mass is 19.4. The van der Waals surface area contributed by atoms with Gasteiger partial charge in [-0.25, -0.2) is 9.97 Å². The van der Waals surface area contributed by atoms with E-state index in [4.69, 9.17) is 4.98 Å². The minimum atomic E-state index is -4.41. The van der Waals surface area contributed by atoms with Crippen molar-refractivity contribution in [2.24, 2.45) is 5.92 Å². The molecule has 180 valence electrons. The van der Waals surface area contributed by atoms with E-state index in [0.29, 0.717) is 41.6 Å². The highest BCUT2D eigenvalue weighted by Gasteiger charge is 2.35. The Morgan fingerprint density at radius 2 is 1.91 bits per heavy atom. The maximum absolute atomic E-state index is 12.7. The van der Waals surface area contributed by atoms with Crippen LogP contribution in [0.15, 0.2) is 30.7 Å². The number of aryl methyl sites for hydroxylation is 3. The Morgan fingerprint density at radius 1 is 1.15 bits per heavy atom. The summed E-state index contributed by atoms with van der Waals surface area (Å²) in [5, 5.41) is 7.23. The standard InChI is InChI=1S/C23H26F3N7O/c1-13(2)20-22(34)31-19-14(3)29-18(30-21(19)32(20)4)8-5-15-9-28-33(11-15)12-17-7-6-16(10-27-17)23(24,25)26/h6-7,9-11,13,20H,5,8,12H2,1-4H3,(H,31,34)/t20-/m0/s1. The number of halogens is 3. The van der Waals surface area contributed by atoms with Gasteiger partial charge in [-0.15, -0.1) is 0 Å². The monoisotopic (exact) mass is 473 g/mol. The first-order valence-electron chi connectivity index (χ1n) is 11.0. The summed E-state index contributed by atoms with van der Waals surface area (Å²) in [4.78, 5) is 27.5. The third kappa shape index (κ3) is 4.87. The number of hydrogen-bond acceptors (Lipinski definition) is 6. The fraction of sp³-hybridized carbons (Fsp3) is 0.435. The zero-order valence-corrected chi connectivity index (χ0v) is 19.4. The Labute approximate surface area is 195 Å². The zero-order chi connectivity index (χ0) is 24.6. The summed E-state index contributed by atoms with van der Waals surface area (Å²) in [6.07, 6.45) is 1.20. The van der Waals surface area contributed by atoms with Crippen LogP contribution in [0.4, 0.5) is 24.7 Å². The fourth-order valence-electron chi connectivity index (χ4n) is 4.11. The third-order valence-corrected chi connectivity index (χ3v) is 5.82. The molecular formula is C23H26F3N7O. The molecule has 8 nitrogen and oxygen atoms in total. The number of fused-ring (bicyclic) bond motifs is 1. The molecule has 0 bridgehead atoms. The van der Waals surface area contributed by atoms with Crippen LogP contribution in [0, 0.1) is 12.8 Å². The van der Waals surface area contributed by atoms with Crippen molar-refractivity contribution < 1.29 is 18.0 Å². The maximum atomic E-state index is 12.7. The van der Waals surface area contributed by atoms with Crippen molar-refractivity contribution in [3.8, 4) is 0 Å². The quantitative estimate of drug-likeness (QED) is 0.588. The first-order chi connectivity index (χ1) is 16.0. The smallest absolute Gasteiger partial charge is 0.346 e. The Hall–Kier alpha value is -3.50. The van der Waals surface area contributed by atoms with Gasteiger partial charge in [0.25, 0.3) is 0 Å². The number of alkyl halides is 3. The van der Waals surface area contributed by atoms with E-state index in [2.05, 4.69) is 20.4 Å². The van der Waals surface area contributed by atoms with E-state index in [9.17, 15) is 18.0 Å². The van der Waals surface area contributed by atoms with Gasteiger partial charge in [0, 0.05) is 25.9 Å². The molecule has 1 N–H and O–H groups in total. The van der Waals surface area contributed by atoms with E-state index in [0.717, 1.165) is 17.8 Å². The molecule has 34 heavy (non-hydrogen) atoms. The minimum absolute atomic E-state index is 0.0561. The number of pyridine rings is 1. The van der Waals surface area contributed by atoms with Gasteiger partial charge in [-0.1, -0.05) is 13.8 Å². The maximum Gasteiger partial charge on any atom is 0.417 e. The van der Waals surface area contributed by atoms with Crippen LogP contribution < -0.4 is 10.2 Å². The first-order valence-corrected chi connectivity index (χ1v) is 11.0. The molecule has 4 heterocycles. The van der Waals surface area contributed by atoms with Gasteiger partial charge in [-0.05, 0) is 37.0 Å². The lowest BCUT2D eigenvalue weighted by Gasteiger charge is -2.36. The Kier molecular flexibility index (Phi) is 6.28. The molecule has 1 atom stereocenters. The number of nitrogens with one attached hydrogen (secondary N) is 1. The summed E-state index contributed by atoms with van der Waals surface area (Å²) in [5.74, 6) is 1.45. The molecule has 0 radical (unpaired) electrons. The van der Waals surface area contributed by atoms with Gasteiger partial charge in [-0.3, -0.25) is 14.5 Å². The SMILES string of the molecule is Cc1nc(CCc2cnn(Cc3ccc(C(F)(F)F)cn3)c2)nc2c1NC(=O)[C@H](C(C)C)N2C. The van der Waals surface area contributed by atoms with Gasteiger partial charge in [0.15, 0.2) is 5.82 Å². The number of anilines is 2. The topological polar surface area (TPSA) is 88.8 Å². The minimum Gasteiger partial charge on any atom is -0.346 e. The molecule has 0 aliphatic carbocycles. The highest BCUT2D eigenvalue weighted by Crippen LogP contribution is 2.33. The Balaban J connectivity index is 1.43. The van der Waals surface area contributed by atoms with E-state index in [1.54, 1.807) is 10.9 Å². The number of rotatable bonds is 6. The average Bonchev–Trinajstić information content (AvgIpc) is 3.20. The molecule has 1 aliphatic rings. The Morgan fingerprint density at radius 3 is 2.56 bits per heavy atom. The second-order valence-electron chi connectivity index (χ2n) is 8.79. The molecule has 1 amide bonds. The van der Waals surface area contributed by atoms with E-state index >= 15 is 0 Å². The molecule has 0 fully saturated rings. The summed E-state index contributed by atoms with van der Waals surface area (Å²) in [7, 11) is 1.87. The van der Waals surface area contributed by atoms with Crippen LogP contribution in [0.25, 0.3) is 0 Å². The molecule has 11 heteroatoms. The number of carbonyl (C=O) groups excluding carboxylic acids is 1. The molecule has 0 spiro atoms.